The molecule has 0 aromatic heterocycles. The summed E-state index contributed by atoms with van der Waals surface area (Å²) in [5, 5.41) is 3.33. The maximum absolute atomic E-state index is 3.33. The van der Waals surface area contributed by atoms with Gasteiger partial charge in [-0.15, -0.1) is 0 Å². The van der Waals surface area contributed by atoms with Gasteiger partial charge in [-0.3, -0.25) is 0 Å². The average molecular weight is 193 g/mol. The highest BCUT2D eigenvalue weighted by molar-refractivity contribution is 4.97. The van der Waals surface area contributed by atoms with Gasteiger partial charge in [-0.1, -0.05) is 0 Å². The summed E-state index contributed by atoms with van der Waals surface area (Å²) in [5.41, 5.74) is 0. The molecule has 0 unspecified atom stereocenters. The molecule has 0 aliphatic heterocycles. The second kappa shape index (κ2) is 3.52. The molecule has 1 N–H and O–H groups in total. The lowest BCUT2D eigenvalue weighted by Gasteiger charge is -2.54. The van der Waals surface area contributed by atoms with E-state index in [1.165, 1.54) is 13.0 Å². The van der Waals surface area contributed by atoms with E-state index in [1.807, 2.05) is 0 Å². The summed E-state index contributed by atoms with van der Waals surface area (Å²) in [6.45, 7) is 1.24. The molecule has 0 heterocycles. The number of hydrogen-bond donors (Lipinski definition) is 1. The van der Waals surface area contributed by atoms with Crippen LogP contribution in [0.5, 0.6) is 0 Å². The predicted molar refractivity (Wildman–Crippen MR) is 59.1 cm³/mol. The van der Waals surface area contributed by atoms with Crippen LogP contribution in [0.2, 0.25) is 0 Å². The first-order valence-corrected chi connectivity index (χ1v) is 6.51. The van der Waals surface area contributed by atoms with Crippen LogP contribution in [0.3, 0.4) is 0 Å². The third-order valence-electron chi connectivity index (χ3n) is 5.15. The van der Waals surface area contributed by atoms with Crippen molar-refractivity contribution < 1.29 is 0 Å². The maximum Gasteiger partial charge on any atom is -0.00491 e. The molecule has 0 aromatic carbocycles. The summed E-state index contributed by atoms with van der Waals surface area (Å²) in [4.78, 5) is 0. The van der Waals surface area contributed by atoms with Crippen molar-refractivity contribution in [2.24, 2.45) is 29.6 Å². The minimum atomic E-state index is 1.09. The molecular weight excluding hydrogens is 170 g/mol. The molecule has 4 rings (SSSR count). The van der Waals surface area contributed by atoms with Crippen LogP contribution < -0.4 is 5.32 Å². The van der Waals surface area contributed by atoms with E-state index in [4.69, 9.17) is 0 Å². The lowest BCUT2D eigenvalue weighted by Crippen LogP contribution is -2.45. The standard InChI is InChI=1S/C13H23N/c1-14-3-2-13-11-5-9-4-10(7-11)8-12(13)6-9/h9-14H,2-8H2,1H3. The van der Waals surface area contributed by atoms with E-state index < -0.39 is 0 Å². The highest BCUT2D eigenvalue weighted by Crippen LogP contribution is 2.57. The van der Waals surface area contributed by atoms with Crippen LogP contribution in [0.15, 0.2) is 0 Å². The smallest absolute Gasteiger partial charge is 0.00491 e. The Labute approximate surface area is 87.7 Å². The van der Waals surface area contributed by atoms with Crippen molar-refractivity contribution in [3.8, 4) is 0 Å². The highest BCUT2D eigenvalue weighted by Gasteiger charge is 2.47. The van der Waals surface area contributed by atoms with Gasteiger partial charge in [-0.2, -0.15) is 0 Å². The van der Waals surface area contributed by atoms with Crippen molar-refractivity contribution in [2.45, 2.75) is 38.5 Å². The minimum absolute atomic E-state index is 1.09. The van der Waals surface area contributed by atoms with Gasteiger partial charge >= 0.3 is 0 Å². The average Bonchev–Trinajstić information content (AvgIpc) is 2.15. The quantitative estimate of drug-likeness (QED) is 0.726. The SMILES string of the molecule is CNCCC1C2CC3CC(C2)CC1C3. The molecule has 4 bridgehead atoms. The lowest BCUT2D eigenvalue weighted by atomic mass is 9.51. The Morgan fingerprint density at radius 2 is 1.50 bits per heavy atom. The Morgan fingerprint density at radius 1 is 0.929 bits per heavy atom. The Morgan fingerprint density at radius 3 is 2.00 bits per heavy atom. The summed E-state index contributed by atoms with van der Waals surface area (Å²) in [5.74, 6) is 5.63. The first-order chi connectivity index (χ1) is 6.86. The molecular formula is C13H23N. The van der Waals surface area contributed by atoms with E-state index in [2.05, 4.69) is 12.4 Å². The fourth-order valence-corrected chi connectivity index (χ4v) is 4.82. The zero-order valence-electron chi connectivity index (χ0n) is 9.34. The van der Waals surface area contributed by atoms with Crippen molar-refractivity contribution in [1.82, 2.24) is 5.32 Å². The van der Waals surface area contributed by atoms with E-state index in [-0.39, 0.29) is 0 Å². The van der Waals surface area contributed by atoms with Crippen molar-refractivity contribution in [3.05, 3.63) is 0 Å². The Bertz CT molecular complexity index is 183. The normalized spacial score (nSPS) is 49.9. The molecule has 4 saturated carbocycles. The van der Waals surface area contributed by atoms with Crippen molar-refractivity contribution in [2.75, 3.05) is 13.6 Å². The molecule has 14 heavy (non-hydrogen) atoms. The third kappa shape index (κ3) is 1.41. The van der Waals surface area contributed by atoms with Gasteiger partial charge in [0.25, 0.3) is 0 Å². The van der Waals surface area contributed by atoms with E-state index in [1.54, 1.807) is 32.1 Å². The second-order valence-electron chi connectivity index (χ2n) is 5.99. The molecule has 0 saturated heterocycles. The van der Waals surface area contributed by atoms with Crippen molar-refractivity contribution >= 4 is 0 Å². The van der Waals surface area contributed by atoms with E-state index in [9.17, 15) is 0 Å². The van der Waals surface area contributed by atoms with Gasteiger partial charge in [0, 0.05) is 0 Å². The van der Waals surface area contributed by atoms with Crippen LogP contribution >= 0.6 is 0 Å². The third-order valence-corrected chi connectivity index (χ3v) is 5.15. The topological polar surface area (TPSA) is 12.0 Å². The highest BCUT2D eigenvalue weighted by atomic mass is 14.8. The van der Waals surface area contributed by atoms with E-state index >= 15 is 0 Å². The summed E-state index contributed by atoms with van der Waals surface area (Å²) in [7, 11) is 2.09. The molecule has 0 radical (unpaired) electrons. The Kier molecular flexibility index (Phi) is 2.31. The summed E-state index contributed by atoms with van der Waals surface area (Å²) in [6, 6.07) is 0. The number of nitrogens with one attached hydrogen (secondary N) is 1. The van der Waals surface area contributed by atoms with Crippen molar-refractivity contribution in [3.63, 3.8) is 0 Å². The zero-order chi connectivity index (χ0) is 9.54. The molecule has 80 valence electrons. The van der Waals surface area contributed by atoms with Gasteiger partial charge in [-0.05, 0) is 81.7 Å². The molecule has 0 spiro atoms. The van der Waals surface area contributed by atoms with Crippen LogP contribution in [0, 0.1) is 29.6 Å². The molecule has 1 nitrogen and oxygen atoms in total. The summed E-state index contributed by atoms with van der Waals surface area (Å²) < 4.78 is 0. The van der Waals surface area contributed by atoms with Gasteiger partial charge < -0.3 is 5.32 Å². The van der Waals surface area contributed by atoms with Gasteiger partial charge in [0.1, 0.15) is 0 Å². The van der Waals surface area contributed by atoms with Gasteiger partial charge in [0.05, 0.1) is 0 Å². The van der Waals surface area contributed by atoms with Crippen LogP contribution in [-0.2, 0) is 0 Å². The molecule has 0 aromatic rings. The molecule has 4 fully saturated rings. The first-order valence-electron chi connectivity index (χ1n) is 6.51. The van der Waals surface area contributed by atoms with Gasteiger partial charge in [0.2, 0.25) is 0 Å². The molecule has 4 aliphatic carbocycles. The largest absolute Gasteiger partial charge is 0.320 e. The van der Waals surface area contributed by atoms with Crippen LogP contribution in [0.1, 0.15) is 38.5 Å². The maximum atomic E-state index is 3.33. The fraction of sp³-hybridized carbons (Fsp3) is 1.00. The molecule has 1 heteroatoms. The lowest BCUT2D eigenvalue weighted by molar-refractivity contribution is -0.0391. The van der Waals surface area contributed by atoms with Crippen LogP contribution in [-0.4, -0.2) is 13.6 Å². The summed E-state index contributed by atoms with van der Waals surface area (Å²) in [6.07, 6.45) is 9.38. The van der Waals surface area contributed by atoms with Crippen molar-refractivity contribution in [1.29, 1.82) is 0 Å². The fourth-order valence-electron chi connectivity index (χ4n) is 4.82. The Hall–Kier alpha value is -0.0400. The Balaban J connectivity index is 1.69. The van der Waals surface area contributed by atoms with E-state index in [0.717, 1.165) is 29.6 Å². The molecule has 0 amide bonds. The van der Waals surface area contributed by atoms with Crippen LogP contribution in [0.4, 0.5) is 0 Å². The second-order valence-corrected chi connectivity index (χ2v) is 5.99. The minimum Gasteiger partial charge on any atom is -0.320 e. The number of rotatable bonds is 3. The van der Waals surface area contributed by atoms with Crippen LogP contribution in [0.25, 0.3) is 0 Å². The number of hydrogen-bond acceptors (Lipinski definition) is 1. The predicted octanol–water partition coefficient (Wildman–Crippen LogP) is 2.67. The molecule has 0 atom stereocenters. The zero-order valence-corrected chi connectivity index (χ0v) is 9.34. The summed E-state index contributed by atoms with van der Waals surface area (Å²) >= 11 is 0. The first kappa shape index (κ1) is 9.21. The van der Waals surface area contributed by atoms with Gasteiger partial charge in [-0.25, -0.2) is 0 Å². The monoisotopic (exact) mass is 193 g/mol. The van der Waals surface area contributed by atoms with E-state index in [0.29, 0.717) is 0 Å². The van der Waals surface area contributed by atoms with Gasteiger partial charge in [0.15, 0.2) is 0 Å². The molecule has 4 aliphatic rings.